The highest BCUT2D eigenvalue weighted by Gasteiger charge is 2.44. The number of fused-ring (bicyclic) bond motifs is 1. The van der Waals surface area contributed by atoms with Gasteiger partial charge < -0.3 is 19.3 Å². The van der Waals surface area contributed by atoms with Gasteiger partial charge in [-0.15, -0.1) is 0 Å². The van der Waals surface area contributed by atoms with E-state index in [2.05, 4.69) is 16.8 Å². The number of ether oxygens (including phenoxy) is 2. The molecule has 4 aliphatic rings. The van der Waals surface area contributed by atoms with E-state index in [4.69, 9.17) is 9.47 Å². The van der Waals surface area contributed by atoms with Crippen molar-refractivity contribution in [2.24, 2.45) is 0 Å². The number of imide groups is 2. The lowest BCUT2D eigenvalue weighted by Crippen LogP contribution is -2.54. The molecule has 208 valence electrons. The van der Waals surface area contributed by atoms with Gasteiger partial charge in [0.2, 0.25) is 11.8 Å². The van der Waals surface area contributed by atoms with Gasteiger partial charge in [-0.3, -0.25) is 29.4 Å². The summed E-state index contributed by atoms with van der Waals surface area (Å²) in [6.45, 7) is 8.51. The van der Waals surface area contributed by atoms with Gasteiger partial charge in [-0.1, -0.05) is 6.58 Å². The largest absolute Gasteiger partial charge is 0.445 e. The van der Waals surface area contributed by atoms with E-state index in [-0.39, 0.29) is 48.9 Å². The zero-order chi connectivity index (χ0) is 27.7. The molecule has 11 heteroatoms. The van der Waals surface area contributed by atoms with E-state index < -0.39 is 29.7 Å². The molecule has 4 aliphatic heterocycles. The molecule has 0 aliphatic carbocycles. The Balaban J connectivity index is 1.12. The summed E-state index contributed by atoms with van der Waals surface area (Å²) < 4.78 is 11.6. The second-order valence-electron chi connectivity index (χ2n) is 10.7. The van der Waals surface area contributed by atoms with Crippen molar-refractivity contribution < 1.29 is 33.4 Å². The van der Waals surface area contributed by atoms with Crippen LogP contribution >= 0.6 is 0 Å². The average Bonchev–Trinajstić information content (AvgIpc) is 3.17. The zero-order valence-electron chi connectivity index (χ0n) is 22.1. The molecule has 4 heterocycles. The van der Waals surface area contributed by atoms with Crippen LogP contribution in [0.15, 0.2) is 30.4 Å². The predicted octanol–water partition coefficient (Wildman–Crippen LogP) is 2.25. The molecule has 39 heavy (non-hydrogen) atoms. The van der Waals surface area contributed by atoms with Gasteiger partial charge in [-0.2, -0.15) is 0 Å². The van der Waals surface area contributed by atoms with E-state index in [1.165, 1.54) is 0 Å². The summed E-state index contributed by atoms with van der Waals surface area (Å²) in [5.41, 5.74) is 2.22. The number of hydrogen-bond donors (Lipinski definition) is 1. The normalized spacial score (nSPS) is 22.7. The molecular weight excluding hydrogens is 504 g/mol. The van der Waals surface area contributed by atoms with Crippen molar-refractivity contribution in [1.29, 1.82) is 0 Å². The van der Waals surface area contributed by atoms with Crippen LogP contribution in [0.3, 0.4) is 0 Å². The van der Waals surface area contributed by atoms with E-state index in [1.54, 1.807) is 17.0 Å². The fourth-order valence-corrected chi connectivity index (χ4v) is 5.63. The number of carbonyl (C=O) groups is 5. The highest BCUT2D eigenvalue weighted by molar-refractivity contribution is 6.23. The Kier molecular flexibility index (Phi) is 7.69. The number of amides is 5. The lowest BCUT2D eigenvalue weighted by Gasteiger charge is -2.37. The third-order valence-corrected chi connectivity index (χ3v) is 7.76. The van der Waals surface area contributed by atoms with Crippen molar-refractivity contribution in [3.05, 3.63) is 41.5 Å². The van der Waals surface area contributed by atoms with Crippen LogP contribution in [-0.4, -0.2) is 90.6 Å². The maximum atomic E-state index is 13.1. The zero-order valence-corrected chi connectivity index (χ0v) is 22.1. The summed E-state index contributed by atoms with van der Waals surface area (Å²) in [5.74, 6) is -2.01. The molecule has 1 aromatic rings. The Hall–Kier alpha value is -3.73. The molecular formula is C28H34N4O7. The van der Waals surface area contributed by atoms with Crippen LogP contribution in [0, 0.1) is 0 Å². The lowest BCUT2D eigenvalue weighted by atomic mass is 10.0. The molecule has 3 fully saturated rings. The first kappa shape index (κ1) is 26.9. The van der Waals surface area contributed by atoms with Crippen LogP contribution in [-0.2, 0) is 19.1 Å². The third kappa shape index (κ3) is 5.68. The Morgan fingerprint density at radius 3 is 2.23 bits per heavy atom. The summed E-state index contributed by atoms with van der Waals surface area (Å²) in [6, 6.07) is 4.24. The fourth-order valence-electron chi connectivity index (χ4n) is 5.63. The Morgan fingerprint density at radius 2 is 1.59 bits per heavy atom. The summed E-state index contributed by atoms with van der Waals surface area (Å²) >= 11 is 0. The van der Waals surface area contributed by atoms with E-state index in [1.807, 2.05) is 13.0 Å². The number of hydrogen-bond acceptors (Lipinski definition) is 8. The molecule has 5 rings (SSSR count). The highest BCUT2D eigenvalue weighted by Crippen LogP contribution is 2.32. The number of likely N-dealkylation sites (tertiary alicyclic amines) is 1. The standard InChI is InChI=1S/C28H34N4O7/c1-17(2)16-38-28(37)31-13-9-20(10-14-31)39-19-7-11-30(12-8-19)18-3-4-21-22(15-18)27(36)32(26(21)35)23-5-6-24(33)29-25(23)34/h3-4,15,19-20,23H,1,5-14,16H2,2H3,(H,29,33,34). The van der Waals surface area contributed by atoms with Gasteiger partial charge in [0.25, 0.3) is 11.8 Å². The molecule has 1 atom stereocenters. The van der Waals surface area contributed by atoms with Crippen LogP contribution in [0.1, 0.15) is 66.2 Å². The quantitative estimate of drug-likeness (QED) is 0.432. The van der Waals surface area contributed by atoms with Gasteiger partial charge in [0.05, 0.1) is 23.3 Å². The third-order valence-electron chi connectivity index (χ3n) is 7.76. The molecule has 1 unspecified atom stereocenters. The van der Waals surface area contributed by atoms with E-state index >= 15 is 0 Å². The van der Waals surface area contributed by atoms with Gasteiger partial charge in [-0.25, -0.2) is 4.79 Å². The van der Waals surface area contributed by atoms with E-state index in [0.29, 0.717) is 13.1 Å². The van der Waals surface area contributed by atoms with Crippen LogP contribution in [0.25, 0.3) is 0 Å². The summed E-state index contributed by atoms with van der Waals surface area (Å²) in [7, 11) is 0. The molecule has 1 N–H and O–H groups in total. The fraction of sp³-hybridized carbons (Fsp3) is 0.536. The number of piperidine rings is 3. The monoisotopic (exact) mass is 538 g/mol. The minimum atomic E-state index is -0.972. The van der Waals surface area contributed by atoms with Crippen LogP contribution < -0.4 is 10.2 Å². The minimum Gasteiger partial charge on any atom is -0.445 e. The molecule has 5 amide bonds. The van der Waals surface area contributed by atoms with E-state index in [9.17, 15) is 24.0 Å². The summed E-state index contributed by atoms with van der Waals surface area (Å²) in [5, 5.41) is 2.22. The first-order chi connectivity index (χ1) is 18.7. The maximum absolute atomic E-state index is 13.1. The first-order valence-electron chi connectivity index (χ1n) is 13.5. The topological polar surface area (TPSA) is 126 Å². The molecule has 3 saturated heterocycles. The molecule has 0 saturated carbocycles. The van der Waals surface area contributed by atoms with Crippen molar-refractivity contribution >= 4 is 35.4 Å². The number of nitrogens with zero attached hydrogens (tertiary/aromatic N) is 3. The van der Waals surface area contributed by atoms with Crippen molar-refractivity contribution in [1.82, 2.24) is 15.1 Å². The molecule has 11 nitrogen and oxygen atoms in total. The number of nitrogens with one attached hydrogen (secondary N) is 1. The molecule has 1 aromatic carbocycles. The lowest BCUT2D eigenvalue weighted by molar-refractivity contribution is -0.136. The number of benzene rings is 1. The Bertz CT molecular complexity index is 1200. The van der Waals surface area contributed by atoms with E-state index in [0.717, 1.165) is 54.9 Å². The van der Waals surface area contributed by atoms with Gasteiger partial charge >= 0.3 is 6.09 Å². The SMILES string of the molecule is C=C(C)COC(=O)N1CCC(OC2CCN(c3ccc4c(c3)C(=O)N(C3CCC(=O)NC3=O)C4=O)CC2)CC1. The van der Waals surface area contributed by atoms with Gasteiger partial charge in [-0.05, 0) is 62.8 Å². The smallest absolute Gasteiger partial charge is 0.410 e. The predicted molar refractivity (Wildman–Crippen MR) is 140 cm³/mol. The second kappa shape index (κ2) is 11.2. The summed E-state index contributed by atoms with van der Waals surface area (Å²) in [4.78, 5) is 66.9. The van der Waals surface area contributed by atoms with Crippen molar-refractivity contribution in [2.75, 3.05) is 37.7 Å². The second-order valence-corrected chi connectivity index (χ2v) is 10.7. The highest BCUT2D eigenvalue weighted by atomic mass is 16.6. The first-order valence-corrected chi connectivity index (χ1v) is 13.5. The molecule has 0 radical (unpaired) electrons. The number of carbonyl (C=O) groups excluding carboxylic acids is 5. The van der Waals surface area contributed by atoms with Gasteiger partial charge in [0.1, 0.15) is 12.6 Å². The van der Waals surface area contributed by atoms with Crippen LogP contribution in [0.2, 0.25) is 0 Å². The Morgan fingerprint density at radius 1 is 0.949 bits per heavy atom. The Labute approximate surface area is 227 Å². The van der Waals surface area contributed by atoms with Crippen molar-refractivity contribution in [3.63, 3.8) is 0 Å². The van der Waals surface area contributed by atoms with Crippen LogP contribution in [0.5, 0.6) is 0 Å². The molecule has 0 aromatic heterocycles. The van der Waals surface area contributed by atoms with Crippen LogP contribution in [0.4, 0.5) is 10.5 Å². The van der Waals surface area contributed by atoms with Crippen molar-refractivity contribution in [3.8, 4) is 0 Å². The summed E-state index contributed by atoms with van der Waals surface area (Å²) in [6.07, 6.45) is 3.34. The minimum absolute atomic E-state index is 0.0905. The molecule has 0 bridgehead atoms. The van der Waals surface area contributed by atoms with Gasteiger partial charge in [0.15, 0.2) is 0 Å². The number of anilines is 1. The van der Waals surface area contributed by atoms with Gasteiger partial charge in [0, 0.05) is 38.3 Å². The maximum Gasteiger partial charge on any atom is 0.410 e. The van der Waals surface area contributed by atoms with Crippen molar-refractivity contribution in [2.45, 2.75) is 63.7 Å². The average molecular weight is 539 g/mol. The number of rotatable bonds is 6. The molecule has 0 spiro atoms.